The fraction of sp³-hybridized carbons (Fsp3) is 0.583. The van der Waals surface area contributed by atoms with E-state index in [0.717, 1.165) is 38.2 Å². The van der Waals surface area contributed by atoms with Crippen LogP contribution in [-0.2, 0) is 11.3 Å². The molecule has 3 heteroatoms. The standard InChI is InChI=1S/C12H18N2O/c1-15-12-5-8-14(9-6-12)10-11-4-2-3-7-13-11/h2-4,7,12H,5-6,8-10H2,1H3. The number of hydrogen-bond acceptors (Lipinski definition) is 3. The van der Waals surface area contributed by atoms with Crippen molar-refractivity contribution in [2.24, 2.45) is 0 Å². The first kappa shape index (κ1) is 10.6. The van der Waals surface area contributed by atoms with Gasteiger partial charge in [0.25, 0.3) is 0 Å². The van der Waals surface area contributed by atoms with Crippen LogP contribution in [0.5, 0.6) is 0 Å². The molecular weight excluding hydrogens is 188 g/mol. The Kier molecular flexibility index (Phi) is 3.69. The van der Waals surface area contributed by atoms with Gasteiger partial charge in [-0.05, 0) is 25.0 Å². The van der Waals surface area contributed by atoms with Crippen molar-refractivity contribution < 1.29 is 4.74 Å². The Labute approximate surface area is 91.1 Å². The van der Waals surface area contributed by atoms with E-state index in [1.807, 2.05) is 18.3 Å². The second kappa shape index (κ2) is 5.24. The first-order valence-corrected chi connectivity index (χ1v) is 5.53. The zero-order valence-electron chi connectivity index (χ0n) is 9.22. The van der Waals surface area contributed by atoms with Gasteiger partial charge in [-0.25, -0.2) is 0 Å². The molecule has 3 nitrogen and oxygen atoms in total. The summed E-state index contributed by atoms with van der Waals surface area (Å²) in [7, 11) is 1.80. The second-order valence-corrected chi connectivity index (χ2v) is 4.03. The minimum atomic E-state index is 0.463. The summed E-state index contributed by atoms with van der Waals surface area (Å²) < 4.78 is 5.35. The number of aromatic nitrogens is 1. The van der Waals surface area contributed by atoms with Gasteiger partial charge in [0, 0.05) is 32.9 Å². The summed E-state index contributed by atoms with van der Waals surface area (Å²) in [6, 6.07) is 6.09. The molecule has 2 heterocycles. The minimum absolute atomic E-state index is 0.463. The van der Waals surface area contributed by atoms with Gasteiger partial charge in [-0.1, -0.05) is 6.07 Å². The second-order valence-electron chi connectivity index (χ2n) is 4.03. The van der Waals surface area contributed by atoms with Crippen molar-refractivity contribution >= 4 is 0 Å². The van der Waals surface area contributed by atoms with Gasteiger partial charge in [0.1, 0.15) is 0 Å². The van der Waals surface area contributed by atoms with Crippen molar-refractivity contribution in [3.8, 4) is 0 Å². The van der Waals surface area contributed by atoms with Gasteiger partial charge in [-0.2, -0.15) is 0 Å². The molecule has 0 aromatic carbocycles. The summed E-state index contributed by atoms with van der Waals surface area (Å²) in [6.45, 7) is 3.21. The first-order chi connectivity index (χ1) is 7.38. The number of methoxy groups -OCH3 is 1. The predicted octanol–water partition coefficient (Wildman–Crippen LogP) is 1.69. The van der Waals surface area contributed by atoms with Crippen LogP contribution in [0.4, 0.5) is 0 Å². The molecule has 1 aliphatic heterocycles. The summed E-state index contributed by atoms with van der Waals surface area (Å²) in [5, 5.41) is 0. The van der Waals surface area contributed by atoms with Gasteiger partial charge >= 0.3 is 0 Å². The van der Waals surface area contributed by atoms with Crippen molar-refractivity contribution in [3.63, 3.8) is 0 Å². The van der Waals surface area contributed by atoms with Gasteiger partial charge in [-0.3, -0.25) is 9.88 Å². The molecule has 0 N–H and O–H groups in total. The largest absolute Gasteiger partial charge is 0.381 e. The van der Waals surface area contributed by atoms with Gasteiger partial charge in [-0.15, -0.1) is 0 Å². The van der Waals surface area contributed by atoms with Crippen molar-refractivity contribution in [1.82, 2.24) is 9.88 Å². The Hall–Kier alpha value is -0.930. The van der Waals surface area contributed by atoms with Crippen LogP contribution in [0.3, 0.4) is 0 Å². The molecule has 0 atom stereocenters. The van der Waals surface area contributed by atoms with E-state index in [9.17, 15) is 0 Å². The number of ether oxygens (including phenoxy) is 1. The first-order valence-electron chi connectivity index (χ1n) is 5.53. The summed E-state index contributed by atoms with van der Waals surface area (Å²) in [5.74, 6) is 0. The molecule has 1 fully saturated rings. The third-order valence-corrected chi connectivity index (χ3v) is 2.98. The van der Waals surface area contributed by atoms with Gasteiger partial charge in [0.15, 0.2) is 0 Å². The molecule has 15 heavy (non-hydrogen) atoms. The molecule has 0 spiro atoms. The smallest absolute Gasteiger partial charge is 0.0595 e. The van der Waals surface area contributed by atoms with E-state index >= 15 is 0 Å². The van der Waals surface area contributed by atoms with E-state index in [1.165, 1.54) is 0 Å². The lowest BCUT2D eigenvalue weighted by Crippen LogP contribution is -2.36. The Morgan fingerprint density at radius 1 is 1.40 bits per heavy atom. The number of piperidine rings is 1. The van der Waals surface area contributed by atoms with Crippen LogP contribution in [0.2, 0.25) is 0 Å². The lowest BCUT2D eigenvalue weighted by molar-refractivity contribution is 0.0385. The number of nitrogens with zero attached hydrogens (tertiary/aromatic N) is 2. The molecule has 0 amide bonds. The SMILES string of the molecule is COC1CCN(Cc2ccccn2)CC1. The van der Waals surface area contributed by atoms with E-state index in [1.54, 1.807) is 7.11 Å². The molecule has 1 aromatic heterocycles. The van der Waals surface area contributed by atoms with Crippen LogP contribution in [0, 0.1) is 0 Å². The highest BCUT2D eigenvalue weighted by atomic mass is 16.5. The zero-order chi connectivity index (χ0) is 10.5. The van der Waals surface area contributed by atoms with Crippen LogP contribution in [0.25, 0.3) is 0 Å². The molecule has 1 saturated heterocycles. The summed E-state index contributed by atoms with van der Waals surface area (Å²) >= 11 is 0. The molecule has 0 unspecified atom stereocenters. The Bertz CT molecular complexity index is 281. The molecule has 0 saturated carbocycles. The highest BCUT2D eigenvalue weighted by Crippen LogP contribution is 2.14. The maximum atomic E-state index is 5.35. The van der Waals surface area contributed by atoms with E-state index in [0.29, 0.717) is 6.10 Å². The Balaban J connectivity index is 1.82. The number of pyridine rings is 1. The highest BCUT2D eigenvalue weighted by molar-refractivity contribution is 5.03. The van der Waals surface area contributed by atoms with E-state index in [-0.39, 0.29) is 0 Å². The molecular formula is C12H18N2O. The maximum Gasteiger partial charge on any atom is 0.0595 e. The molecule has 1 aromatic rings. The average Bonchev–Trinajstić information content (AvgIpc) is 2.31. The van der Waals surface area contributed by atoms with Gasteiger partial charge in [0.2, 0.25) is 0 Å². The topological polar surface area (TPSA) is 25.4 Å². The van der Waals surface area contributed by atoms with Crippen molar-refractivity contribution in [2.75, 3.05) is 20.2 Å². The predicted molar refractivity (Wildman–Crippen MR) is 59.5 cm³/mol. The highest BCUT2D eigenvalue weighted by Gasteiger charge is 2.18. The lowest BCUT2D eigenvalue weighted by atomic mass is 10.1. The quantitative estimate of drug-likeness (QED) is 0.752. The third-order valence-electron chi connectivity index (χ3n) is 2.98. The maximum absolute atomic E-state index is 5.35. The lowest BCUT2D eigenvalue weighted by Gasteiger charge is -2.30. The van der Waals surface area contributed by atoms with Crippen LogP contribution in [0.1, 0.15) is 18.5 Å². The molecule has 0 aliphatic carbocycles. The molecule has 1 aliphatic rings. The van der Waals surface area contributed by atoms with Crippen LogP contribution >= 0.6 is 0 Å². The van der Waals surface area contributed by atoms with Gasteiger partial charge < -0.3 is 4.74 Å². The zero-order valence-corrected chi connectivity index (χ0v) is 9.22. The van der Waals surface area contributed by atoms with Crippen LogP contribution in [0.15, 0.2) is 24.4 Å². The number of rotatable bonds is 3. The fourth-order valence-electron chi connectivity index (χ4n) is 2.02. The summed E-state index contributed by atoms with van der Waals surface area (Å²) in [4.78, 5) is 6.78. The number of likely N-dealkylation sites (tertiary alicyclic amines) is 1. The van der Waals surface area contributed by atoms with Crippen LogP contribution in [-0.4, -0.2) is 36.2 Å². The van der Waals surface area contributed by atoms with Crippen molar-refractivity contribution in [1.29, 1.82) is 0 Å². The molecule has 2 rings (SSSR count). The van der Waals surface area contributed by atoms with Crippen LogP contribution < -0.4 is 0 Å². The van der Waals surface area contributed by atoms with E-state index in [4.69, 9.17) is 4.74 Å². The minimum Gasteiger partial charge on any atom is -0.381 e. The monoisotopic (exact) mass is 206 g/mol. The van der Waals surface area contributed by atoms with Crippen molar-refractivity contribution in [2.45, 2.75) is 25.5 Å². The third kappa shape index (κ3) is 3.01. The summed E-state index contributed by atoms with van der Waals surface area (Å²) in [5.41, 5.74) is 1.16. The molecule has 82 valence electrons. The normalized spacial score (nSPS) is 19.3. The van der Waals surface area contributed by atoms with E-state index < -0.39 is 0 Å². The Morgan fingerprint density at radius 3 is 2.80 bits per heavy atom. The van der Waals surface area contributed by atoms with Crippen molar-refractivity contribution in [3.05, 3.63) is 30.1 Å². The molecule has 0 radical (unpaired) electrons. The fourth-order valence-corrected chi connectivity index (χ4v) is 2.02. The van der Waals surface area contributed by atoms with Gasteiger partial charge in [0.05, 0.1) is 11.8 Å². The number of hydrogen-bond donors (Lipinski definition) is 0. The van der Waals surface area contributed by atoms with E-state index in [2.05, 4.69) is 16.0 Å². The summed E-state index contributed by atoms with van der Waals surface area (Å²) in [6.07, 6.45) is 4.61. The molecule has 0 bridgehead atoms. The Morgan fingerprint density at radius 2 is 2.20 bits per heavy atom. The average molecular weight is 206 g/mol.